The van der Waals surface area contributed by atoms with Crippen molar-refractivity contribution >= 4 is 32.6 Å². The van der Waals surface area contributed by atoms with E-state index in [1.165, 1.54) is 4.70 Å². The summed E-state index contributed by atoms with van der Waals surface area (Å²) in [5.41, 5.74) is 2.86. The minimum Gasteiger partial charge on any atom is -0.351 e. The lowest BCUT2D eigenvalue weighted by Gasteiger charge is -2.34. The third-order valence-electron chi connectivity index (χ3n) is 5.03. The minimum atomic E-state index is 0.0150. The van der Waals surface area contributed by atoms with E-state index in [1.807, 2.05) is 37.3 Å². The second-order valence-electron chi connectivity index (χ2n) is 6.86. The highest BCUT2D eigenvalue weighted by atomic mass is 32.1. The highest BCUT2D eigenvalue weighted by Crippen LogP contribution is 2.29. The Hall–Kier alpha value is -2.44. The maximum absolute atomic E-state index is 12.3. The first-order valence-corrected chi connectivity index (χ1v) is 10.2. The number of hydrogen-bond donors (Lipinski definition) is 1. The Morgan fingerprint density at radius 3 is 2.59 bits per heavy atom. The average molecular weight is 381 g/mol. The molecule has 0 atom stereocenters. The first-order chi connectivity index (χ1) is 13.2. The fraction of sp³-hybridized carbons (Fsp3) is 0.333. The molecule has 0 aliphatic carbocycles. The molecule has 0 spiro atoms. The number of nitrogens with one attached hydrogen (secondary N) is 1. The van der Waals surface area contributed by atoms with Crippen molar-refractivity contribution in [1.29, 1.82) is 0 Å². The van der Waals surface area contributed by atoms with E-state index in [1.54, 1.807) is 11.3 Å². The second kappa shape index (κ2) is 8.06. The van der Waals surface area contributed by atoms with Crippen molar-refractivity contribution in [2.45, 2.75) is 6.92 Å². The molecule has 27 heavy (non-hydrogen) atoms. The number of carbonyl (C=O) groups excluding carboxylic acids is 1. The van der Waals surface area contributed by atoms with E-state index in [0.29, 0.717) is 6.54 Å². The van der Waals surface area contributed by atoms with E-state index in [-0.39, 0.29) is 5.91 Å². The van der Waals surface area contributed by atoms with Crippen molar-refractivity contribution in [2.24, 2.45) is 0 Å². The third-order valence-corrected chi connectivity index (χ3v) is 6.13. The van der Waals surface area contributed by atoms with Crippen LogP contribution in [0.3, 0.4) is 0 Å². The topological polar surface area (TPSA) is 48.5 Å². The van der Waals surface area contributed by atoms with E-state index in [2.05, 4.69) is 33.3 Å². The summed E-state index contributed by atoms with van der Waals surface area (Å²) < 4.78 is 1.24. The minimum absolute atomic E-state index is 0.0150. The van der Waals surface area contributed by atoms with Gasteiger partial charge in [-0.3, -0.25) is 9.69 Å². The van der Waals surface area contributed by atoms with Gasteiger partial charge in [0.2, 0.25) is 0 Å². The van der Waals surface area contributed by atoms with Gasteiger partial charge >= 0.3 is 0 Å². The molecular formula is C21H24N4OS. The highest BCUT2D eigenvalue weighted by Gasteiger charge is 2.19. The summed E-state index contributed by atoms with van der Waals surface area (Å²) >= 11 is 1.77. The maximum Gasteiger partial charge on any atom is 0.251 e. The first kappa shape index (κ1) is 17.9. The molecular weight excluding hydrogens is 356 g/mol. The molecule has 2 heterocycles. The number of rotatable bonds is 5. The van der Waals surface area contributed by atoms with Crippen molar-refractivity contribution in [3.8, 4) is 0 Å². The van der Waals surface area contributed by atoms with E-state index in [4.69, 9.17) is 4.98 Å². The van der Waals surface area contributed by atoms with Crippen LogP contribution in [0.2, 0.25) is 0 Å². The number of aromatic nitrogens is 1. The summed E-state index contributed by atoms with van der Waals surface area (Å²) in [6, 6.07) is 16.0. The number of nitrogens with zero attached hydrogens (tertiary/aromatic N) is 3. The van der Waals surface area contributed by atoms with Gasteiger partial charge in [-0.2, -0.15) is 0 Å². The molecule has 140 valence electrons. The van der Waals surface area contributed by atoms with Crippen molar-refractivity contribution in [3.63, 3.8) is 0 Å². The van der Waals surface area contributed by atoms with Crippen LogP contribution >= 0.6 is 11.3 Å². The Labute approximate surface area is 163 Å². The third kappa shape index (κ3) is 4.12. The van der Waals surface area contributed by atoms with Gasteiger partial charge in [0.15, 0.2) is 5.13 Å². The molecule has 1 saturated heterocycles. The van der Waals surface area contributed by atoms with Crippen molar-refractivity contribution in [1.82, 2.24) is 15.2 Å². The first-order valence-electron chi connectivity index (χ1n) is 9.37. The molecule has 4 rings (SSSR count). The molecule has 5 nitrogen and oxygen atoms in total. The van der Waals surface area contributed by atoms with Crippen LogP contribution in [0.15, 0.2) is 48.5 Å². The lowest BCUT2D eigenvalue weighted by Crippen LogP contribution is -2.48. The van der Waals surface area contributed by atoms with E-state index in [9.17, 15) is 4.79 Å². The van der Waals surface area contributed by atoms with Crippen LogP contribution < -0.4 is 10.2 Å². The summed E-state index contributed by atoms with van der Waals surface area (Å²) in [6.45, 7) is 7.47. The molecule has 0 saturated carbocycles. The van der Waals surface area contributed by atoms with Crippen molar-refractivity contribution < 1.29 is 4.79 Å². The second-order valence-corrected chi connectivity index (χ2v) is 7.87. The van der Waals surface area contributed by atoms with Gasteiger partial charge in [0.1, 0.15) is 0 Å². The summed E-state index contributed by atoms with van der Waals surface area (Å²) in [7, 11) is 0. The Bertz CT molecular complexity index is 898. The van der Waals surface area contributed by atoms with Crippen LogP contribution in [0.4, 0.5) is 5.13 Å². The fourth-order valence-corrected chi connectivity index (χ4v) is 4.43. The number of para-hydroxylation sites is 1. The Morgan fingerprint density at radius 2 is 1.81 bits per heavy atom. The van der Waals surface area contributed by atoms with Crippen LogP contribution in [-0.2, 0) is 0 Å². The number of amides is 1. The molecule has 1 aromatic heterocycles. The van der Waals surface area contributed by atoms with Gasteiger partial charge in [-0.1, -0.05) is 41.7 Å². The number of carbonyl (C=O) groups is 1. The van der Waals surface area contributed by atoms with Crippen LogP contribution in [0.5, 0.6) is 0 Å². The quantitative estimate of drug-likeness (QED) is 0.739. The van der Waals surface area contributed by atoms with Gasteiger partial charge in [-0.25, -0.2) is 4.98 Å². The zero-order valence-corrected chi connectivity index (χ0v) is 16.3. The number of benzene rings is 2. The Balaban J connectivity index is 1.25. The van der Waals surface area contributed by atoms with Gasteiger partial charge in [-0.15, -0.1) is 0 Å². The van der Waals surface area contributed by atoms with Gasteiger partial charge in [0, 0.05) is 44.8 Å². The largest absolute Gasteiger partial charge is 0.351 e. The smallest absolute Gasteiger partial charge is 0.251 e. The molecule has 1 N–H and O–H groups in total. The number of hydrogen-bond acceptors (Lipinski definition) is 5. The van der Waals surface area contributed by atoms with Gasteiger partial charge in [-0.05, 0) is 30.7 Å². The summed E-state index contributed by atoms with van der Waals surface area (Å²) in [4.78, 5) is 21.8. The molecule has 1 fully saturated rings. The molecule has 3 aromatic rings. The van der Waals surface area contributed by atoms with Crippen molar-refractivity contribution in [3.05, 3.63) is 59.7 Å². The predicted octanol–water partition coefficient (Wildman–Crippen LogP) is 3.16. The molecule has 1 aliphatic rings. The van der Waals surface area contributed by atoms with Crippen LogP contribution in [0.1, 0.15) is 15.9 Å². The normalized spacial score (nSPS) is 15.2. The zero-order chi connectivity index (χ0) is 18.6. The number of fused-ring (bicyclic) bond motifs is 1. The van der Waals surface area contributed by atoms with E-state index >= 15 is 0 Å². The molecule has 6 heteroatoms. The SMILES string of the molecule is Cc1ccccc1C(=O)NCCN1CCN(c2nc3ccccc3s2)CC1. The summed E-state index contributed by atoms with van der Waals surface area (Å²) in [5, 5.41) is 4.16. The Kier molecular flexibility index (Phi) is 5.36. The highest BCUT2D eigenvalue weighted by molar-refractivity contribution is 7.22. The number of anilines is 1. The lowest BCUT2D eigenvalue weighted by atomic mass is 10.1. The maximum atomic E-state index is 12.3. The standard InChI is InChI=1S/C21H24N4OS/c1-16-6-2-3-7-17(16)20(26)22-10-11-24-12-14-25(15-13-24)21-23-18-8-4-5-9-19(18)27-21/h2-9H,10-15H2,1H3,(H,22,26). The number of piperazine rings is 1. The van der Waals surface area contributed by atoms with Crippen LogP contribution in [-0.4, -0.2) is 55.1 Å². The lowest BCUT2D eigenvalue weighted by molar-refractivity contribution is 0.0947. The van der Waals surface area contributed by atoms with Crippen LogP contribution in [0.25, 0.3) is 10.2 Å². The summed E-state index contributed by atoms with van der Waals surface area (Å²) in [6.07, 6.45) is 0. The van der Waals surface area contributed by atoms with Crippen molar-refractivity contribution in [2.75, 3.05) is 44.2 Å². The van der Waals surface area contributed by atoms with E-state index < -0.39 is 0 Å². The fourth-order valence-electron chi connectivity index (χ4n) is 3.41. The average Bonchev–Trinajstić information content (AvgIpc) is 3.13. The number of thiazole rings is 1. The molecule has 1 amide bonds. The van der Waals surface area contributed by atoms with Crippen LogP contribution in [0, 0.1) is 6.92 Å². The molecule has 0 bridgehead atoms. The monoisotopic (exact) mass is 380 g/mol. The predicted molar refractivity (Wildman–Crippen MR) is 112 cm³/mol. The molecule has 0 radical (unpaired) electrons. The number of aryl methyl sites for hydroxylation is 1. The zero-order valence-electron chi connectivity index (χ0n) is 15.5. The Morgan fingerprint density at radius 1 is 1.07 bits per heavy atom. The molecule has 0 unspecified atom stereocenters. The van der Waals surface area contributed by atoms with Gasteiger partial charge in [0.05, 0.1) is 10.2 Å². The molecule has 1 aliphatic heterocycles. The van der Waals surface area contributed by atoms with E-state index in [0.717, 1.165) is 54.5 Å². The van der Waals surface area contributed by atoms with Gasteiger partial charge < -0.3 is 10.2 Å². The van der Waals surface area contributed by atoms with Gasteiger partial charge in [0.25, 0.3) is 5.91 Å². The summed E-state index contributed by atoms with van der Waals surface area (Å²) in [5.74, 6) is 0.0150. The molecule has 2 aromatic carbocycles.